The van der Waals surface area contributed by atoms with E-state index in [1.807, 2.05) is 42.5 Å². The van der Waals surface area contributed by atoms with E-state index in [0.717, 1.165) is 77.7 Å². The molecule has 1 aliphatic rings. The number of fused-ring (bicyclic) bond motifs is 3. The maximum absolute atomic E-state index is 6.10. The first kappa shape index (κ1) is 18.7. The fourth-order valence-electron chi connectivity index (χ4n) is 4.10. The fraction of sp³-hybridized carbons (Fsp3) is 0.304. The Morgan fingerprint density at radius 3 is 2.60 bits per heavy atom. The lowest BCUT2D eigenvalue weighted by Gasteiger charge is -2.35. The van der Waals surface area contributed by atoms with Crippen LogP contribution in [-0.4, -0.2) is 55.3 Å². The maximum atomic E-state index is 6.10. The first-order chi connectivity index (χ1) is 14.8. The first-order valence-electron chi connectivity index (χ1n) is 10.1. The predicted octanol–water partition coefficient (Wildman–Crippen LogP) is 3.72. The monoisotopic (exact) mass is 404 g/mol. The highest BCUT2D eigenvalue weighted by Gasteiger charge is 2.23. The third-order valence-corrected chi connectivity index (χ3v) is 5.69. The second-order valence-electron chi connectivity index (χ2n) is 7.41. The van der Waals surface area contributed by atoms with Crippen LogP contribution >= 0.6 is 0 Å². The second-order valence-corrected chi connectivity index (χ2v) is 7.41. The van der Waals surface area contributed by atoms with Gasteiger partial charge in [0.1, 0.15) is 28.9 Å². The van der Waals surface area contributed by atoms with E-state index in [9.17, 15) is 0 Å². The van der Waals surface area contributed by atoms with Crippen molar-refractivity contribution in [2.45, 2.75) is 6.54 Å². The summed E-state index contributed by atoms with van der Waals surface area (Å²) >= 11 is 0. The summed E-state index contributed by atoms with van der Waals surface area (Å²) in [6.45, 7) is 4.40. The number of piperazine rings is 1. The number of benzene rings is 2. The third-order valence-electron chi connectivity index (χ3n) is 5.69. The minimum Gasteiger partial charge on any atom is -0.497 e. The molecule has 2 aromatic heterocycles. The predicted molar refractivity (Wildman–Crippen MR) is 116 cm³/mol. The molecule has 1 fully saturated rings. The van der Waals surface area contributed by atoms with Crippen LogP contribution in [0.2, 0.25) is 0 Å². The molecule has 0 aliphatic carbocycles. The Bertz CT molecular complexity index is 1180. The molecule has 0 unspecified atom stereocenters. The van der Waals surface area contributed by atoms with E-state index >= 15 is 0 Å². The van der Waals surface area contributed by atoms with Gasteiger partial charge < -0.3 is 18.8 Å². The summed E-state index contributed by atoms with van der Waals surface area (Å²) in [5.74, 6) is 2.60. The fourth-order valence-corrected chi connectivity index (χ4v) is 4.10. The van der Waals surface area contributed by atoms with E-state index in [0.29, 0.717) is 0 Å². The molecule has 154 valence electrons. The number of aromatic nitrogens is 2. The molecule has 0 bridgehead atoms. The average molecular weight is 404 g/mol. The van der Waals surface area contributed by atoms with E-state index in [1.165, 1.54) is 0 Å². The molecule has 0 amide bonds. The van der Waals surface area contributed by atoms with Crippen molar-refractivity contribution in [2.75, 3.05) is 45.3 Å². The van der Waals surface area contributed by atoms with E-state index in [1.54, 1.807) is 20.5 Å². The Hall–Kier alpha value is -3.32. The van der Waals surface area contributed by atoms with Gasteiger partial charge in [-0.2, -0.15) is 0 Å². The van der Waals surface area contributed by atoms with E-state index in [2.05, 4.69) is 19.8 Å². The molecule has 0 atom stereocenters. The van der Waals surface area contributed by atoms with Crippen LogP contribution < -0.4 is 14.4 Å². The topological polar surface area (TPSA) is 63.9 Å². The van der Waals surface area contributed by atoms with Crippen LogP contribution in [0.15, 0.2) is 53.2 Å². The quantitative estimate of drug-likeness (QED) is 0.502. The standard InChI is InChI=1S/C23H24N4O3/c1-28-17-7-8-19(29-2)16(13-17)14-26-9-11-27(12-10-26)23-22-21(24-15-25-23)18-5-3-4-6-20(18)30-22/h3-8,13,15H,9-12,14H2,1-2H3. The van der Waals surface area contributed by atoms with Crippen molar-refractivity contribution in [1.82, 2.24) is 14.9 Å². The van der Waals surface area contributed by atoms with Gasteiger partial charge in [0.2, 0.25) is 0 Å². The van der Waals surface area contributed by atoms with Crippen LogP contribution in [0.25, 0.3) is 22.1 Å². The van der Waals surface area contributed by atoms with Gasteiger partial charge in [-0.3, -0.25) is 4.90 Å². The van der Waals surface area contributed by atoms with Crippen molar-refractivity contribution in [2.24, 2.45) is 0 Å². The van der Waals surface area contributed by atoms with Gasteiger partial charge in [-0.05, 0) is 30.3 Å². The number of anilines is 1. The second kappa shape index (κ2) is 7.84. The number of nitrogens with zero attached hydrogens (tertiary/aromatic N) is 4. The largest absolute Gasteiger partial charge is 0.497 e. The lowest BCUT2D eigenvalue weighted by molar-refractivity contribution is 0.245. The summed E-state index contributed by atoms with van der Waals surface area (Å²) in [5, 5.41) is 1.03. The summed E-state index contributed by atoms with van der Waals surface area (Å²) in [6, 6.07) is 13.9. The number of ether oxygens (including phenoxy) is 2. The van der Waals surface area contributed by atoms with Crippen LogP contribution in [-0.2, 0) is 6.54 Å². The minimum atomic E-state index is 0.765. The molecule has 3 heterocycles. The maximum Gasteiger partial charge on any atom is 0.196 e. The molecule has 7 nitrogen and oxygen atoms in total. The van der Waals surface area contributed by atoms with Gasteiger partial charge in [-0.15, -0.1) is 0 Å². The SMILES string of the molecule is COc1ccc(OC)c(CN2CCN(c3ncnc4c3oc3ccccc34)CC2)c1. The van der Waals surface area contributed by atoms with Crippen molar-refractivity contribution >= 4 is 27.9 Å². The van der Waals surface area contributed by atoms with Gasteiger partial charge in [0.05, 0.1) is 14.2 Å². The Balaban J connectivity index is 1.34. The van der Waals surface area contributed by atoms with Crippen LogP contribution in [0.3, 0.4) is 0 Å². The molecule has 1 aliphatic heterocycles. The third kappa shape index (κ3) is 3.31. The summed E-state index contributed by atoms with van der Waals surface area (Å²) in [7, 11) is 3.39. The summed E-state index contributed by atoms with van der Waals surface area (Å²) in [5.41, 5.74) is 3.62. The van der Waals surface area contributed by atoms with E-state index in [-0.39, 0.29) is 0 Å². The highest BCUT2D eigenvalue weighted by atomic mass is 16.5. The van der Waals surface area contributed by atoms with Gasteiger partial charge in [0, 0.05) is 43.7 Å². The van der Waals surface area contributed by atoms with Crippen molar-refractivity contribution in [3.8, 4) is 11.5 Å². The first-order valence-corrected chi connectivity index (χ1v) is 10.1. The summed E-state index contributed by atoms with van der Waals surface area (Å²) in [4.78, 5) is 13.7. The van der Waals surface area contributed by atoms with Gasteiger partial charge in [0.25, 0.3) is 0 Å². The molecule has 4 aromatic rings. The van der Waals surface area contributed by atoms with E-state index < -0.39 is 0 Å². The zero-order valence-corrected chi connectivity index (χ0v) is 17.2. The molecule has 0 N–H and O–H groups in total. The van der Waals surface area contributed by atoms with Gasteiger partial charge in [-0.1, -0.05) is 12.1 Å². The zero-order chi connectivity index (χ0) is 20.5. The van der Waals surface area contributed by atoms with Gasteiger partial charge in [-0.25, -0.2) is 9.97 Å². The zero-order valence-electron chi connectivity index (χ0n) is 17.2. The van der Waals surface area contributed by atoms with Crippen molar-refractivity contribution in [3.05, 3.63) is 54.4 Å². The number of para-hydroxylation sites is 1. The van der Waals surface area contributed by atoms with Crippen LogP contribution in [0.5, 0.6) is 11.5 Å². The summed E-state index contributed by atoms with van der Waals surface area (Å²) < 4.78 is 17.0. The highest BCUT2D eigenvalue weighted by molar-refractivity contribution is 6.05. The summed E-state index contributed by atoms with van der Waals surface area (Å²) in [6.07, 6.45) is 1.63. The van der Waals surface area contributed by atoms with Crippen LogP contribution in [0, 0.1) is 0 Å². The van der Waals surface area contributed by atoms with Crippen molar-refractivity contribution < 1.29 is 13.9 Å². The van der Waals surface area contributed by atoms with Gasteiger partial charge in [0.15, 0.2) is 11.4 Å². The molecule has 0 saturated carbocycles. The normalized spacial score (nSPS) is 15.1. The highest BCUT2D eigenvalue weighted by Crippen LogP contribution is 2.32. The van der Waals surface area contributed by atoms with Gasteiger partial charge >= 0.3 is 0 Å². The molecule has 30 heavy (non-hydrogen) atoms. The lowest BCUT2D eigenvalue weighted by atomic mass is 10.1. The lowest BCUT2D eigenvalue weighted by Crippen LogP contribution is -2.46. The molecule has 2 aromatic carbocycles. The van der Waals surface area contributed by atoms with Crippen LogP contribution in [0.1, 0.15) is 5.56 Å². The molecule has 1 saturated heterocycles. The number of furan rings is 1. The number of hydrogen-bond donors (Lipinski definition) is 0. The molecule has 0 radical (unpaired) electrons. The molecule has 7 heteroatoms. The molecular formula is C23H24N4O3. The van der Waals surface area contributed by atoms with E-state index in [4.69, 9.17) is 13.9 Å². The Kier molecular flexibility index (Phi) is 4.88. The molecular weight excluding hydrogens is 380 g/mol. The minimum absolute atomic E-state index is 0.765. The Morgan fingerprint density at radius 2 is 1.80 bits per heavy atom. The molecule has 0 spiro atoms. The number of hydrogen-bond acceptors (Lipinski definition) is 7. The number of methoxy groups -OCH3 is 2. The Morgan fingerprint density at radius 1 is 0.967 bits per heavy atom. The number of rotatable bonds is 5. The van der Waals surface area contributed by atoms with Crippen molar-refractivity contribution in [3.63, 3.8) is 0 Å². The van der Waals surface area contributed by atoms with Crippen molar-refractivity contribution in [1.29, 1.82) is 0 Å². The Labute approximate surface area is 174 Å². The van der Waals surface area contributed by atoms with Crippen LogP contribution in [0.4, 0.5) is 5.82 Å². The average Bonchev–Trinajstić information content (AvgIpc) is 3.18. The smallest absolute Gasteiger partial charge is 0.196 e. The molecule has 5 rings (SSSR count).